The maximum absolute atomic E-state index is 13.5. The van der Waals surface area contributed by atoms with Gasteiger partial charge in [0, 0.05) is 24.2 Å². The smallest absolute Gasteiger partial charge is 0.243 e. The quantitative estimate of drug-likeness (QED) is 0.474. The zero-order valence-electron chi connectivity index (χ0n) is 18.6. The molecule has 0 radical (unpaired) electrons. The van der Waals surface area contributed by atoms with Crippen LogP contribution in [-0.2, 0) is 14.8 Å². The SMILES string of the molecule is Cc1cc(NC(=O)[C@@H]2CCCN(S(=O)(=O)c3cccc4ccccc34)C2)ccc1-n1cnnn1. The van der Waals surface area contributed by atoms with Crippen molar-refractivity contribution in [3.05, 3.63) is 72.6 Å². The summed E-state index contributed by atoms with van der Waals surface area (Å²) in [5.74, 6) is -0.620. The third kappa shape index (κ3) is 4.17. The molecular formula is C24H24N6O3S. The van der Waals surface area contributed by atoms with Gasteiger partial charge in [-0.3, -0.25) is 4.79 Å². The van der Waals surface area contributed by atoms with Crippen LogP contribution >= 0.6 is 0 Å². The Kier molecular flexibility index (Phi) is 5.84. The largest absolute Gasteiger partial charge is 0.326 e. The van der Waals surface area contributed by atoms with E-state index in [4.69, 9.17) is 0 Å². The summed E-state index contributed by atoms with van der Waals surface area (Å²) in [4.78, 5) is 13.3. The number of aromatic nitrogens is 4. The fraction of sp³-hybridized carbons (Fsp3) is 0.250. The topological polar surface area (TPSA) is 110 Å². The van der Waals surface area contributed by atoms with Crippen molar-refractivity contribution in [3.63, 3.8) is 0 Å². The Balaban J connectivity index is 1.33. The van der Waals surface area contributed by atoms with Gasteiger partial charge in [0.1, 0.15) is 6.33 Å². The molecule has 5 rings (SSSR count). The highest BCUT2D eigenvalue weighted by Crippen LogP contribution is 2.29. The van der Waals surface area contributed by atoms with Crippen LogP contribution in [0.25, 0.3) is 16.5 Å². The van der Waals surface area contributed by atoms with Crippen LogP contribution in [0.15, 0.2) is 71.9 Å². The van der Waals surface area contributed by atoms with E-state index in [0.717, 1.165) is 16.6 Å². The van der Waals surface area contributed by atoms with Gasteiger partial charge < -0.3 is 5.32 Å². The summed E-state index contributed by atoms with van der Waals surface area (Å²) in [7, 11) is -3.73. The molecule has 0 unspecified atom stereocenters. The second-order valence-electron chi connectivity index (χ2n) is 8.42. The first kappa shape index (κ1) is 22.2. The number of sulfonamides is 1. The number of hydrogen-bond acceptors (Lipinski definition) is 6. The lowest BCUT2D eigenvalue weighted by atomic mass is 9.98. The Labute approximate surface area is 197 Å². The van der Waals surface area contributed by atoms with Crippen molar-refractivity contribution in [2.24, 2.45) is 5.92 Å². The average molecular weight is 477 g/mol. The minimum Gasteiger partial charge on any atom is -0.326 e. The summed E-state index contributed by atoms with van der Waals surface area (Å²) in [5, 5.41) is 15.7. The first-order valence-corrected chi connectivity index (χ1v) is 12.5. The molecule has 2 heterocycles. The molecule has 9 nitrogen and oxygen atoms in total. The van der Waals surface area contributed by atoms with Crippen molar-refractivity contribution in [2.45, 2.75) is 24.7 Å². The normalized spacial score (nSPS) is 17.0. The highest BCUT2D eigenvalue weighted by atomic mass is 32.2. The van der Waals surface area contributed by atoms with E-state index in [0.29, 0.717) is 30.5 Å². The number of carbonyl (C=O) groups excluding carboxylic acids is 1. The maximum Gasteiger partial charge on any atom is 0.243 e. The molecule has 0 saturated carbocycles. The molecule has 1 aliphatic heterocycles. The van der Waals surface area contributed by atoms with Crippen LogP contribution in [0.4, 0.5) is 5.69 Å². The molecule has 34 heavy (non-hydrogen) atoms. The number of fused-ring (bicyclic) bond motifs is 1. The first-order valence-electron chi connectivity index (χ1n) is 11.1. The number of anilines is 1. The van der Waals surface area contributed by atoms with E-state index in [1.165, 1.54) is 10.6 Å². The molecule has 174 valence electrons. The number of rotatable bonds is 5. The summed E-state index contributed by atoms with van der Waals surface area (Å²) in [6.07, 6.45) is 2.77. The lowest BCUT2D eigenvalue weighted by Crippen LogP contribution is -2.43. The summed E-state index contributed by atoms with van der Waals surface area (Å²) in [5.41, 5.74) is 2.36. The van der Waals surface area contributed by atoms with E-state index in [1.54, 1.807) is 22.9 Å². The molecule has 1 atom stereocenters. The minimum atomic E-state index is -3.73. The summed E-state index contributed by atoms with van der Waals surface area (Å²) >= 11 is 0. The molecule has 1 aromatic heterocycles. The number of amides is 1. The highest BCUT2D eigenvalue weighted by Gasteiger charge is 2.34. The molecule has 1 saturated heterocycles. The van der Waals surface area contributed by atoms with Gasteiger partial charge in [-0.15, -0.1) is 5.10 Å². The van der Waals surface area contributed by atoms with Gasteiger partial charge in [0.05, 0.1) is 16.5 Å². The molecule has 4 aromatic rings. The van der Waals surface area contributed by atoms with Crippen molar-refractivity contribution in [1.29, 1.82) is 0 Å². The third-order valence-corrected chi connectivity index (χ3v) is 8.11. The summed E-state index contributed by atoms with van der Waals surface area (Å²) < 4.78 is 30.0. The zero-order chi connectivity index (χ0) is 23.7. The Morgan fingerprint density at radius 1 is 1.09 bits per heavy atom. The molecule has 1 N–H and O–H groups in total. The zero-order valence-corrected chi connectivity index (χ0v) is 19.4. The van der Waals surface area contributed by atoms with Crippen LogP contribution in [0.1, 0.15) is 18.4 Å². The predicted octanol–water partition coefficient (Wildman–Crippen LogP) is 3.16. The van der Waals surface area contributed by atoms with E-state index >= 15 is 0 Å². The molecule has 1 aliphatic rings. The monoisotopic (exact) mass is 476 g/mol. The van der Waals surface area contributed by atoms with Crippen molar-refractivity contribution in [2.75, 3.05) is 18.4 Å². The average Bonchev–Trinajstić information content (AvgIpc) is 3.38. The third-order valence-electron chi connectivity index (χ3n) is 6.18. The van der Waals surface area contributed by atoms with Crippen LogP contribution in [0.3, 0.4) is 0 Å². The minimum absolute atomic E-state index is 0.152. The van der Waals surface area contributed by atoms with Gasteiger partial charge in [-0.25, -0.2) is 13.1 Å². The molecule has 0 bridgehead atoms. The Bertz CT molecular complexity index is 1450. The number of carbonyl (C=O) groups is 1. The molecule has 10 heteroatoms. The Morgan fingerprint density at radius 3 is 2.71 bits per heavy atom. The molecular weight excluding hydrogens is 452 g/mol. The standard InChI is InChI=1S/C24H24N6O3S/c1-17-14-20(11-12-22(17)30-16-25-27-28-30)26-24(31)19-8-5-13-29(15-19)34(32,33)23-10-4-7-18-6-2-3-9-21(18)23/h2-4,6-7,9-12,14,16,19H,5,8,13,15H2,1H3,(H,26,31)/t19-/m1/s1. The van der Waals surface area contributed by atoms with Crippen LogP contribution in [0.5, 0.6) is 0 Å². The maximum atomic E-state index is 13.5. The number of piperidine rings is 1. The number of nitrogens with one attached hydrogen (secondary N) is 1. The number of nitrogens with zero attached hydrogens (tertiary/aromatic N) is 5. The van der Waals surface area contributed by atoms with Crippen molar-refractivity contribution in [1.82, 2.24) is 24.5 Å². The van der Waals surface area contributed by atoms with Crippen LogP contribution in [0, 0.1) is 12.8 Å². The van der Waals surface area contributed by atoms with E-state index in [1.807, 2.05) is 49.4 Å². The van der Waals surface area contributed by atoms with Gasteiger partial charge >= 0.3 is 0 Å². The van der Waals surface area contributed by atoms with Crippen molar-refractivity contribution in [3.8, 4) is 5.69 Å². The second-order valence-corrected chi connectivity index (χ2v) is 10.3. The second kappa shape index (κ2) is 8.96. The van der Waals surface area contributed by atoms with Crippen molar-refractivity contribution >= 4 is 32.4 Å². The fourth-order valence-electron chi connectivity index (χ4n) is 4.44. The van der Waals surface area contributed by atoms with E-state index in [-0.39, 0.29) is 17.3 Å². The molecule has 1 amide bonds. The number of benzene rings is 3. The van der Waals surface area contributed by atoms with Crippen LogP contribution in [0.2, 0.25) is 0 Å². The van der Waals surface area contributed by atoms with E-state index < -0.39 is 15.9 Å². The molecule has 3 aromatic carbocycles. The highest BCUT2D eigenvalue weighted by molar-refractivity contribution is 7.89. The predicted molar refractivity (Wildman–Crippen MR) is 128 cm³/mol. The van der Waals surface area contributed by atoms with Gasteiger partial charge in [-0.05, 0) is 65.4 Å². The lowest BCUT2D eigenvalue weighted by molar-refractivity contribution is -0.120. The van der Waals surface area contributed by atoms with Crippen molar-refractivity contribution < 1.29 is 13.2 Å². The molecule has 0 spiro atoms. The van der Waals surface area contributed by atoms with E-state index in [2.05, 4.69) is 20.8 Å². The number of tetrazole rings is 1. The first-order chi connectivity index (χ1) is 16.4. The van der Waals surface area contributed by atoms with Crippen LogP contribution in [-0.4, -0.2) is 51.9 Å². The molecule has 1 fully saturated rings. The van der Waals surface area contributed by atoms with Crippen LogP contribution < -0.4 is 5.32 Å². The number of aryl methyl sites for hydroxylation is 1. The summed E-state index contributed by atoms with van der Waals surface area (Å²) in [6, 6.07) is 18.2. The molecule has 0 aliphatic carbocycles. The lowest BCUT2D eigenvalue weighted by Gasteiger charge is -2.31. The fourth-order valence-corrected chi connectivity index (χ4v) is 6.18. The number of hydrogen-bond donors (Lipinski definition) is 1. The van der Waals surface area contributed by atoms with Gasteiger partial charge in [0.15, 0.2) is 0 Å². The van der Waals surface area contributed by atoms with Gasteiger partial charge in [0.25, 0.3) is 0 Å². The van der Waals surface area contributed by atoms with Gasteiger partial charge in [-0.1, -0.05) is 36.4 Å². The van der Waals surface area contributed by atoms with Gasteiger partial charge in [0.2, 0.25) is 15.9 Å². The van der Waals surface area contributed by atoms with E-state index in [9.17, 15) is 13.2 Å². The Hall–Kier alpha value is -3.63. The van der Waals surface area contributed by atoms with Gasteiger partial charge in [-0.2, -0.15) is 4.31 Å². The Morgan fingerprint density at radius 2 is 1.91 bits per heavy atom. The summed E-state index contributed by atoms with van der Waals surface area (Å²) in [6.45, 7) is 2.46.